The molecule has 0 aromatic rings. The van der Waals surface area contributed by atoms with E-state index < -0.39 is 11.2 Å². The number of hydrogen-bond acceptors (Lipinski definition) is 3. The van der Waals surface area contributed by atoms with Gasteiger partial charge >= 0.3 is 0 Å². The molecule has 2 fully saturated rings. The Bertz CT molecular complexity index is 318. The van der Waals surface area contributed by atoms with Crippen molar-refractivity contribution in [3.8, 4) is 0 Å². The second kappa shape index (κ2) is 4.19. The second-order valence-corrected chi connectivity index (χ2v) is 7.55. The average molecular weight is 256 g/mol. The van der Waals surface area contributed by atoms with Crippen LogP contribution in [0.3, 0.4) is 0 Å². The maximum atomic E-state index is 10.8. The molecular formula is C15H28O3. The van der Waals surface area contributed by atoms with Crippen LogP contribution in [0.1, 0.15) is 59.8 Å². The molecule has 0 heterocycles. The Balaban J connectivity index is 2.42. The minimum Gasteiger partial charge on any atom is -0.393 e. The van der Waals surface area contributed by atoms with Crippen LogP contribution in [-0.2, 0) is 0 Å². The highest BCUT2D eigenvalue weighted by molar-refractivity contribution is 5.09. The minimum atomic E-state index is -0.798. The molecule has 0 aromatic heterocycles. The summed E-state index contributed by atoms with van der Waals surface area (Å²) in [5, 5.41) is 31.6. The van der Waals surface area contributed by atoms with Gasteiger partial charge in [-0.15, -0.1) is 0 Å². The normalized spacial score (nSPS) is 49.8. The topological polar surface area (TPSA) is 60.7 Å². The summed E-state index contributed by atoms with van der Waals surface area (Å²) in [6, 6.07) is 0. The molecule has 2 rings (SSSR count). The van der Waals surface area contributed by atoms with E-state index in [2.05, 4.69) is 6.92 Å². The highest BCUT2D eigenvalue weighted by Gasteiger charge is 2.59. The maximum absolute atomic E-state index is 10.8. The lowest BCUT2D eigenvalue weighted by Crippen LogP contribution is -2.62. The van der Waals surface area contributed by atoms with E-state index in [9.17, 15) is 15.3 Å². The lowest BCUT2D eigenvalue weighted by Gasteiger charge is -2.59. The third-order valence-corrected chi connectivity index (χ3v) is 5.61. The van der Waals surface area contributed by atoms with Crippen molar-refractivity contribution >= 4 is 0 Å². The highest BCUT2D eigenvalue weighted by atomic mass is 16.3. The van der Waals surface area contributed by atoms with E-state index in [0.717, 1.165) is 19.3 Å². The van der Waals surface area contributed by atoms with Crippen LogP contribution in [0, 0.1) is 17.3 Å². The van der Waals surface area contributed by atoms with Crippen LogP contribution in [0.4, 0.5) is 0 Å². The summed E-state index contributed by atoms with van der Waals surface area (Å²) < 4.78 is 0. The van der Waals surface area contributed by atoms with E-state index in [4.69, 9.17) is 0 Å². The Morgan fingerprint density at radius 1 is 1.11 bits per heavy atom. The molecule has 106 valence electrons. The highest BCUT2D eigenvalue weighted by Crippen LogP contribution is 2.58. The van der Waals surface area contributed by atoms with Crippen molar-refractivity contribution < 1.29 is 15.3 Å². The van der Waals surface area contributed by atoms with Crippen LogP contribution in [0.5, 0.6) is 0 Å². The number of hydrogen-bond donors (Lipinski definition) is 3. The molecule has 0 spiro atoms. The van der Waals surface area contributed by atoms with Gasteiger partial charge in [0.15, 0.2) is 0 Å². The Morgan fingerprint density at radius 2 is 1.72 bits per heavy atom. The molecular weight excluding hydrogens is 228 g/mol. The Labute approximate surface area is 110 Å². The van der Waals surface area contributed by atoms with Gasteiger partial charge in [0, 0.05) is 5.92 Å². The number of fused-ring (bicyclic) bond motifs is 1. The van der Waals surface area contributed by atoms with Crippen molar-refractivity contribution in [3.63, 3.8) is 0 Å². The molecule has 5 atom stereocenters. The average Bonchev–Trinajstić information content (AvgIpc) is 2.22. The predicted molar refractivity (Wildman–Crippen MR) is 71.1 cm³/mol. The Kier molecular flexibility index (Phi) is 3.33. The zero-order valence-corrected chi connectivity index (χ0v) is 12.1. The fourth-order valence-corrected chi connectivity index (χ4v) is 4.68. The zero-order valence-electron chi connectivity index (χ0n) is 12.1. The summed E-state index contributed by atoms with van der Waals surface area (Å²) in [5.41, 5.74) is -1.84. The molecule has 0 bridgehead atoms. The van der Waals surface area contributed by atoms with Crippen molar-refractivity contribution in [2.45, 2.75) is 77.1 Å². The van der Waals surface area contributed by atoms with Crippen LogP contribution >= 0.6 is 0 Å². The first kappa shape index (κ1) is 14.3. The molecule has 0 saturated heterocycles. The largest absolute Gasteiger partial charge is 0.393 e. The van der Waals surface area contributed by atoms with Crippen molar-refractivity contribution in [1.29, 1.82) is 0 Å². The summed E-state index contributed by atoms with van der Waals surface area (Å²) in [4.78, 5) is 0. The van der Waals surface area contributed by atoms with E-state index in [1.807, 2.05) is 20.8 Å². The molecule has 0 aliphatic heterocycles. The fraction of sp³-hybridized carbons (Fsp3) is 1.00. The van der Waals surface area contributed by atoms with Crippen LogP contribution in [0.15, 0.2) is 0 Å². The molecule has 2 saturated carbocycles. The van der Waals surface area contributed by atoms with E-state index in [0.29, 0.717) is 12.8 Å². The molecule has 2 aliphatic rings. The number of rotatable bonds is 1. The van der Waals surface area contributed by atoms with Crippen molar-refractivity contribution in [3.05, 3.63) is 0 Å². The van der Waals surface area contributed by atoms with Gasteiger partial charge < -0.3 is 15.3 Å². The van der Waals surface area contributed by atoms with Gasteiger partial charge in [0.2, 0.25) is 0 Å². The predicted octanol–water partition coefficient (Wildman–Crippen LogP) is 2.09. The molecule has 3 N–H and O–H groups in total. The lowest BCUT2D eigenvalue weighted by molar-refractivity contribution is -0.213. The van der Waals surface area contributed by atoms with E-state index in [-0.39, 0.29) is 23.4 Å². The van der Waals surface area contributed by atoms with Crippen LogP contribution in [-0.4, -0.2) is 32.6 Å². The summed E-state index contributed by atoms with van der Waals surface area (Å²) in [5.74, 6) is 0.0312. The zero-order chi connectivity index (χ0) is 13.8. The summed E-state index contributed by atoms with van der Waals surface area (Å²) in [6.07, 6.45) is 3.84. The molecule has 0 unspecified atom stereocenters. The van der Waals surface area contributed by atoms with Crippen LogP contribution in [0.25, 0.3) is 0 Å². The maximum Gasteiger partial charge on any atom is 0.0658 e. The third-order valence-electron chi connectivity index (χ3n) is 5.61. The SMILES string of the molecule is CC(C)(O)[C@H]1CCC[C@@]2(C)[C@H](O)CC[C@](C)(O)[C@H]12. The summed E-state index contributed by atoms with van der Waals surface area (Å²) in [7, 11) is 0. The van der Waals surface area contributed by atoms with E-state index in [1.165, 1.54) is 0 Å². The third kappa shape index (κ3) is 2.10. The number of aliphatic hydroxyl groups excluding tert-OH is 1. The first-order chi connectivity index (χ1) is 8.09. The Hall–Kier alpha value is -0.120. The van der Waals surface area contributed by atoms with Gasteiger partial charge in [0.1, 0.15) is 0 Å². The molecule has 18 heavy (non-hydrogen) atoms. The number of aliphatic hydroxyl groups is 3. The molecule has 3 nitrogen and oxygen atoms in total. The quantitative estimate of drug-likeness (QED) is 0.673. The van der Waals surface area contributed by atoms with Gasteiger partial charge in [-0.05, 0) is 57.8 Å². The summed E-state index contributed by atoms with van der Waals surface area (Å²) in [6.45, 7) is 7.64. The molecule has 2 aliphatic carbocycles. The van der Waals surface area contributed by atoms with Gasteiger partial charge in [-0.1, -0.05) is 13.3 Å². The summed E-state index contributed by atoms with van der Waals surface area (Å²) >= 11 is 0. The molecule has 0 aromatic carbocycles. The lowest BCUT2D eigenvalue weighted by atomic mass is 9.48. The minimum absolute atomic E-state index is 0.0255. The first-order valence-electron chi connectivity index (χ1n) is 7.22. The van der Waals surface area contributed by atoms with E-state index >= 15 is 0 Å². The second-order valence-electron chi connectivity index (χ2n) is 7.55. The smallest absolute Gasteiger partial charge is 0.0658 e. The molecule has 0 amide bonds. The fourth-order valence-electron chi connectivity index (χ4n) is 4.68. The van der Waals surface area contributed by atoms with Crippen LogP contribution < -0.4 is 0 Å². The van der Waals surface area contributed by atoms with Gasteiger partial charge in [-0.2, -0.15) is 0 Å². The standard InChI is InChI=1S/C15H28O3/c1-13(2,17)10-6-5-8-14(3)11(16)7-9-15(4,18)12(10)14/h10-12,16-18H,5-9H2,1-4H3/t10-,11+,12+,14-,15-/m0/s1. The van der Waals surface area contributed by atoms with Gasteiger partial charge in [-0.25, -0.2) is 0 Å². The van der Waals surface area contributed by atoms with Crippen molar-refractivity contribution in [2.24, 2.45) is 17.3 Å². The molecule has 3 heteroatoms. The molecule has 0 radical (unpaired) electrons. The van der Waals surface area contributed by atoms with Gasteiger partial charge in [0.25, 0.3) is 0 Å². The monoisotopic (exact) mass is 256 g/mol. The first-order valence-corrected chi connectivity index (χ1v) is 7.22. The van der Waals surface area contributed by atoms with E-state index in [1.54, 1.807) is 0 Å². The van der Waals surface area contributed by atoms with Gasteiger partial charge in [-0.3, -0.25) is 0 Å². The van der Waals surface area contributed by atoms with Crippen LogP contribution in [0.2, 0.25) is 0 Å². The van der Waals surface area contributed by atoms with Crippen molar-refractivity contribution in [2.75, 3.05) is 0 Å². The van der Waals surface area contributed by atoms with Gasteiger partial charge in [0.05, 0.1) is 17.3 Å². The Morgan fingerprint density at radius 3 is 2.28 bits per heavy atom. The van der Waals surface area contributed by atoms with Crippen molar-refractivity contribution in [1.82, 2.24) is 0 Å².